The lowest BCUT2D eigenvalue weighted by molar-refractivity contribution is -0.385. The molecule has 7 nitrogen and oxygen atoms in total. The van der Waals surface area contributed by atoms with E-state index in [4.69, 9.17) is 16.3 Å². The van der Waals surface area contributed by atoms with E-state index in [1.807, 2.05) is 6.92 Å². The fraction of sp³-hybridized carbons (Fsp3) is 0.500. The van der Waals surface area contributed by atoms with E-state index < -0.39 is 22.1 Å². The van der Waals surface area contributed by atoms with Gasteiger partial charge in [-0.15, -0.1) is 0 Å². The number of nitrogens with zero attached hydrogens (tertiary/aromatic N) is 2. The predicted octanol–water partition coefficient (Wildman–Crippen LogP) is 1.94. The topological polar surface area (TPSA) is 94.4 Å². The lowest BCUT2D eigenvalue weighted by Crippen LogP contribution is -2.40. The zero-order chi connectivity index (χ0) is 14.8. The molecule has 2 rings (SSSR count). The number of rotatable bonds is 4. The van der Waals surface area contributed by atoms with Crippen molar-refractivity contribution in [2.75, 3.05) is 13.2 Å². The Bertz CT molecular complexity index is 544. The number of carbonyl (C=O) groups is 1. The highest BCUT2D eigenvalue weighted by Gasteiger charge is 2.31. The average molecular weight is 300 g/mol. The predicted molar refractivity (Wildman–Crippen MR) is 71.8 cm³/mol. The third-order valence-corrected chi connectivity index (χ3v) is 3.51. The Morgan fingerprint density at radius 1 is 1.70 bits per heavy atom. The van der Waals surface area contributed by atoms with Gasteiger partial charge in [-0.1, -0.05) is 11.6 Å². The summed E-state index contributed by atoms with van der Waals surface area (Å²) in [5, 5.41) is 13.3. The van der Waals surface area contributed by atoms with Crippen molar-refractivity contribution in [1.29, 1.82) is 0 Å². The van der Waals surface area contributed by atoms with Crippen molar-refractivity contribution in [2.24, 2.45) is 0 Å². The van der Waals surface area contributed by atoms with E-state index in [1.54, 1.807) is 0 Å². The third-order valence-electron chi connectivity index (χ3n) is 3.23. The van der Waals surface area contributed by atoms with Crippen LogP contribution in [0, 0.1) is 10.1 Å². The van der Waals surface area contributed by atoms with Gasteiger partial charge in [0.15, 0.2) is 0 Å². The van der Waals surface area contributed by atoms with Crippen LogP contribution in [0.15, 0.2) is 12.3 Å². The SMILES string of the molecule is CC1(CNC(=O)c2ccnc(Cl)c2[N+](=O)[O-])CCCO1. The number of hydrogen-bond acceptors (Lipinski definition) is 5. The molecule has 0 bridgehead atoms. The number of nitro groups is 1. The Hall–Kier alpha value is -1.73. The van der Waals surface area contributed by atoms with E-state index in [0.29, 0.717) is 13.2 Å². The van der Waals surface area contributed by atoms with E-state index in [-0.39, 0.29) is 10.7 Å². The van der Waals surface area contributed by atoms with Crippen LogP contribution in [0.5, 0.6) is 0 Å². The molecule has 1 N–H and O–H groups in total. The van der Waals surface area contributed by atoms with Gasteiger partial charge in [-0.25, -0.2) is 4.98 Å². The molecule has 1 amide bonds. The van der Waals surface area contributed by atoms with Crippen molar-refractivity contribution in [2.45, 2.75) is 25.4 Å². The van der Waals surface area contributed by atoms with Gasteiger partial charge in [-0.05, 0) is 25.8 Å². The summed E-state index contributed by atoms with van der Waals surface area (Å²) in [6.07, 6.45) is 3.04. The number of halogens is 1. The van der Waals surface area contributed by atoms with Crippen LogP contribution in [0.3, 0.4) is 0 Å². The Kier molecular flexibility index (Phi) is 4.20. The van der Waals surface area contributed by atoms with E-state index in [1.165, 1.54) is 12.3 Å². The second-order valence-corrected chi connectivity index (χ2v) is 5.20. The van der Waals surface area contributed by atoms with Crippen LogP contribution in [0.4, 0.5) is 5.69 Å². The van der Waals surface area contributed by atoms with Gasteiger partial charge in [0.2, 0.25) is 5.15 Å². The van der Waals surface area contributed by atoms with Crippen LogP contribution in [0.2, 0.25) is 5.15 Å². The fourth-order valence-electron chi connectivity index (χ4n) is 2.12. The Balaban J connectivity index is 2.13. The Morgan fingerprint density at radius 2 is 2.45 bits per heavy atom. The number of ether oxygens (including phenoxy) is 1. The number of carbonyl (C=O) groups excluding carboxylic acids is 1. The molecule has 8 heteroatoms. The first-order chi connectivity index (χ1) is 9.43. The molecule has 0 saturated carbocycles. The lowest BCUT2D eigenvalue weighted by Gasteiger charge is -2.23. The summed E-state index contributed by atoms with van der Waals surface area (Å²) in [5.41, 5.74) is -0.998. The smallest absolute Gasteiger partial charge is 0.319 e. The molecular weight excluding hydrogens is 286 g/mol. The molecule has 1 saturated heterocycles. The monoisotopic (exact) mass is 299 g/mol. The molecule has 1 aliphatic heterocycles. The number of amides is 1. The molecule has 0 aliphatic carbocycles. The minimum Gasteiger partial charge on any atom is -0.373 e. The van der Waals surface area contributed by atoms with Crippen LogP contribution in [0.1, 0.15) is 30.1 Å². The van der Waals surface area contributed by atoms with Crippen molar-refractivity contribution in [3.8, 4) is 0 Å². The molecule has 1 fully saturated rings. The highest BCUT2D eigenvalue weighted by atomic mass is 35.5. The molecule has 0 spiro atoms. The quantitative estimate of drug-likeness (QED) is 0.521. The minimum absolute atomic E-state index is 0.100. The van der Waals surface area contributed by atoms with Gasteiger partial charge >= 0.3 is 5.69 Å². The molecule has 1 aromatic heterocycles. The minimum atomic E-state index is -0.710. The molecule has 1 unspecified atom stereocenters. The lowest BCUT2D eigenvalue weighted by atomic mass is 10.0. The first-order valence-electron chi connectivity index (χ1n) is 6.14. The Labute approximate surface area is 120 Å². The van der Waals surface area contributed by atoms with Gasteiger partial charge in [-0.2, -0.15) is 0 Å². The average Bonchev–Trinajstić information content (AvgIpc) is 2.82. The second kappa shape index (κ2) is 5.72. The second-order valence-electron chi connectivity index (χ2n) is 4.84. The van der Waals surface area contributed by atoms with Crippen molar-refractivity contribution >= 4 is 23.2 Å². The highest BCUT2D eigenvalue weighted by molar-refractivity contribution is 6.32. The molecule has 0 radical (unpaired) electrons. The van der Waals surface area contributed by atoms with Crippen LogP contribution < -0.4 is 5.32 Å². The number of nitrogens with one attached hydrogen (secondary N) is 1. The van der Waals surface area contributed by atoms with E-state index in [2.05, 4.69) is 10.3 Å². The first kappa shape index (κ1) is 14.7. The maximum atomic E-state index is 12.1. The van der Waals surface area contributed by atoms with Crippen molar-refractivity contribution < 1.29 is 14.5 Å². The third kappa shape index (κ3) is 3.05. The van der Waals surface area contributed by atoms with Gasteiger partial charge in [0, 0.05) is 19.3 Å². The van der Waals surface area contributed by atoms with Crippen molar-refractivity contribution in [3.63, 3.8) is 0 Å². The van der Waals surface area contributed by atoms with Gasteiger partial charge in [0.1, 0.15) is 5.56 Å². The summed E-state index contributed by atoms with van der Waals surface area (Å²) in [7, 11) is 0. The maximum Gasteiger partial charge on any atom is 0.319 e. The molecule has 0 aromatic carbocycles. The molecule has 1 atom stereocenters. The molecule has 20 heavy (non-hydrogen) atoms. The zero-order valence-electron chi connectivity index (χ0n) is 10.9. The summed E-state index contributed by atoms with van der Waals surface area (Å²) < 4.78 is 5.54. The van der Waals surface area contributed by atoms with Gasteiger partial charge in [0.05, 0.1) is 10.5 Å². The number of hydrogen-bond donors (Lipinski definition) is 1. The van der Waals surface area contributed by atoms with E-state index in [9.17, 15) is 14.9 Å². The zero-order valence-corrected chi connectivity index (χ0v) is 11.6. The van der Waals surface area contributed by atoms with Crippen LogP contribution in [-0.4, -0.2) is 34.6 Å². The molecule has 108 valence electrons. The maximum absolute atomic E-state index is 12.1. The summed E-state index contributed by atoms with van der Waals surface area (Å²) in [4.78, 5) is 25.9. The Morgan fingerprint density at radius 3 is 3.05 bits per heavy atom. The summed E-state index contributed by atoms with van der Waals surface area (Å²) in [6.45, 7) is 2.85. The number of pyridine rings is 1. The normalized spacial score (nSPS) is 21.7. The molecular formula is C12H14ClN3O4. The van der Waals surface area contributed by atoms with Gasteiger partial charge in [-0.3, -0.25) is 14.9 Å². The van der Waals surface area contributed by atoms with Crippen molar-refractivity contribution in [3.05, 3.63) is 33.1 Å². The molecule has 2 heterocycles. The van der Waals surface area contributed by atoms with Crippen molar-refractivity contribution in [1.82, 2.24) is 10.3 Å². The fourth-order valence-corrected chi connectivity index (χ4v) is 2.35. The van der Waals surface area contributed by atoms with E-state index in [0.717, 1.165) is 12.8 Å². The van der Waals surface area contributed by atoms with Crippen LogP contribution in [0.25, 0.3) is 0 Å². The standard InChI is InChI=1S/C12H14ClN3O4/c1-12(4-2-6-20-12)7-15-11(17)8-3-5-14-10(13)9(8)16(18)19/h3,5H,2,4,6-7H2,1H3,(H,15,17). The summed E-state index contributed by atoms with van der Waals surface area (Å²) in [6, 6.07) is 1.27. The molecule has 1 aliphatic rings. The molecule has 1 aromatic rings. The number of aromatic nitrogens is 1. The summed E-state index contributed by atoms with van der Waals surface area (Å²) >= 11 is 5.67. The summed E-state index contributed by atoms with van der Waals surface area (Å²) in [5.74, 6) is -0.558. The van der Waals surface area contributed by atoms with E-state index >= 15 is 0 Å². The highest BCUT2D eigenvalue weighted by Crippen LogP contribution is 2.27. The van der Waals surface area contributed by atoms with Crippen LogP contribution >= 0.6 is 11.6 Å². The van der Waals surface area contributed by atoms with Crippen LogP contribution in [-0.2, 0) is 4.74 Å². The largest absolute Gasteiger partial charge is 0.373 e. The van der Waals surface area contributed by atoms with Gasteiger partial charge < -0.3 is 10.1 Å². The van der Waals surface area contributed by atoms with Gasteiger partial charge in [0.25, 0.3) is 5.91 Å². The first-order valence-corrected chi connectivity index (χ1v) is 6.52.